The third-order valence-corrected chi connectivity index (χ3v) is 3.56. The van der Waals surface area contributed by atoms with Crippen molar-refractivity contribution in [3.05, 3.63) is 58.4 Å². The molecule has 0 saturated heterocycles. The summed E-state index contributed by atoms with van der Waals surface area (Å²) in [6, 6.07) is 10.2. The van der Waals surface area contributed by atoms with Crippen molar-refractivity contribution in [3.8, 4) is 0 Å². The lowest BCUT2D eigenvalue weighted by molar-refractivity contribution is 0.0852. The maximum absolute atomic E-state index is 12.1. The van der Waals surface area contributed by atoms with Crippen LogP contribution in [0.25, 0.3) is 0 Å². The number of hydrogen-bond acceptors (Lipinski definition) is 4. The first kappa shape index (κ1) is 13.0. The van der Waals surface area contributed by atoms with Crippen LogP contribution < -0.4 is 5.32 Å². The summed E-state index contributed by atoms with van der Waals surface area (Å²) in [5.74, 6) is -0.380. The summed E-state index contributed by atoms with van der Waals surface area (Å²) in [6.45, 7) is 0. The van der Waals surface area contributed by atoms with Crippen LogP contribution in [0.15, 0.2) is 36.4 Å². The van der Waals surface area contributed by atoms with E-state index in [0.29, 0.717) is 6.42 Å². The second-order valence-corrected chi connectivity index (χ2v) is 5.05. The monoisotopic (exact) mass is 289 g/mol. The Hall–Kier alpha value is -1.98. The van der Waals surface area contributed by atoms with Crippen molar-refractivity contribution < 1.29 is 9.90 Å². The Bertz CT molecular complexity index is 645. The van der Waals surface area contributed by atoms with E-state index in [-0.39, 0.29) is 16.8 Å². The van der Waals surface area contributed by atoms with Crippen LogP contribution in [0.2, 0.25) is 5.15 Å². The fraction of sp³-hybridized carbons (Fsp3) is 0.214. The van der Waals surface area contributed by atoms with Gasteiger partial charge in [-0.25, -0.2) is 0 Å². The quantitative estimate of drug-likeness (QED) is 0.879. The number of nitrogens with zero attached hydrogens (tertiary/aromatic N) is 2. The first-order valence-electron chi connectivity index (χ1n) is 6.21. The number of aliphatic hydroxyl groups excluding tert-OH is 1. The maximum Gasteiger partial charge on any atom is 0.272 e. The summed E-state index contributed by atoms with van der Waals surface area (Å²) in [5.41, 5.74) is 2.16. The standard InChI is InChI=1S/C14H12ClN3O2/c15-12-6-5-10(17-18-12)14(20)16-13-9-4-2-1-3-8(9)7-11(13)19/h1-6,11,13,19H,7H2,(H,16,20)/t11-,13+/m0/s1. The van der Waals surface area contributed by atoms with Crippen LogP contribution >= 0.6 is 11.6 Å². The summed E-state index contributed by atoms with van der Waals surface area (Å²) >= 11 is 5.63. The Labute approximate surface area is 120 Å². The number of aliphatic hydroxyl groups is 1. The van der Waals surface area contributed by atoms with E-state index in [1.54, 1.807) is 0 Å². The fourth-order valence-electron chi connectivity index (χ4n) is 2.40. The third kappa shape index (κ3) is 2.37. The van der Waals surface area contributed by atoms with E-state index >= 15 is 0 Å². The van der Waals surface area contributed by atoms with Gasteiger partial charge in [-0.2, -0.15) is 0 Å². The van der Waals surface area contributed by atoms with Crippen LogP contribution in [0, 0.1) is 0 Å². The topological polar surface area (TPSA) is 75.1 Å². The lowest BCUT2D eigenvalue weighted by Gasteiger charge is -2.17. The number of nitrogens with one attached hydrogen (secondary N) is 1. The lowest BCUT2D eigenvalue weighted by Crippen LogP contribution is -2.34. The molecule has 0 radical (unpaired) electrons. The van der Waals surface area contributed by atoms with Crippen molar-refractivity contribution >= 4 is 17.5 Å². The summed E-state index contributed by atoms with van der Waals surface area (Å²) in [5, 5.41) is 20.4. The summed E-state index contributed by atoms with van der Waals surface area (Å²) in [6.07, 6.45) is -0.0930. The molecule has 1 aliphatic carbocycles. The number of benzene rings is 1. The van der Waals surface area contributed by atoms with Gasteiger partial charge in [0.05, 0.1) is 12.1 Å². The molecule has 102 valence electrons. The Morgan fingerprint density at radius 3 is 2.80 bits per heavy atom. The van der Waals surface area contributed by atoms with Gasteiger partial charge >= 0.3 is 0 Å². The second-order valence-electron chi connectivity index (χ2n) is 4.66. The molecule has 2 aromatic rings. The number of halogens is 1. The number of fused-ring (bicyclic) bond motifs is 1. The van der Waals surface area contributed by atoms with Crippen LogP contribution in [0.5, 0.6) is 0 Å². The van der Waals surface area contributed by atoms with Gasteiger partial charge in [0.15, 0.2) is 10.8 Å². The molecule has 2 atom stereocenters. The summed E-state index contributed by atoms with van der Waals surface area (Å²) in [7, 11) is 0. The number of amides is 1. The van der Waals surface area contributed by atoms with Gasteiger partial charge in [-0.1, -0.05) is 35.9 Å². The smallest absolute Gasteiger partial charge is 0.272 e. The Balaban J connectivity index is 1.81. The number of rotatable bonds is 2. The Kier molecular flexibility index (Phi) is 3.38. The molecule has 0 bridgehead atoms. The third-order valence-electron chi connectivity index (χ3n) is 3.36. The zero-order valence-corrected chi connectivity index (χ0v) is 11.2. The minimum atomic E-state index is -0.628. The van der Waals surface area contributed by atoms with Gasteiger partial charge < -0.3 is 10.4 Å². The molecule has 2 N–H and O–H groups in total. The Morgan fingerprint density at radius 2 is 2.05 bits per heavy atom. The molecule has 1 aromatic carbocycles. The number of carbonyl (C=O) groups is 1. The summed E-state index contributed by atoms with van der Waals surface area (Å²) < 4.78 is 0. The first-order chi connectivity index (χ1) is 9.65. The van der Waals surface area contributed by atoms with Crippen LogP contribution in [0.4, 0.5) is 0 Å². The normalized spacial score (nSPS) is 20.5. The Morgan fingerprint density at radius 1 is 1.25 bits per heavy atom. The molecule has 3 rings (SSSR count). The molecule has 1 amide bonds. The van der Waals surface area contributed by atoms with Crippen molar-refractivity contribution in [2.24, 2.45) is 0 Å². The van der Waals surface area contributed by atoms with Gasteiger partial charge in [-0.3, -0.25) is 4.79 Å². The van der Waals surface area contributed by atoms with Gasteiger partial charge in [-0.05, 0) is 23.3 Å². The van der Waals surface area contributed by atoms with Crippen molar-refractivity contribution in [1.29, 1.82) is 0 Å². The molecular formula is C14H12ClN3O2. The molecule has 1 aliphatic rings. The van der Waals surface area contributed by atoms with Crippen LogP contribution in [0.3, 0.4) is 0 Å². The van der Waals surface area contributed by atoms with Gasteiger partial charge in [-0.15, -0.1) is 10.2 Å². The minimum Gasteiger partial charge on any atom is -0.390 e. The van der Waals surface area contributed by atoms with Crippen molar-refractivity contribution in [3.63, 3.8) is 0 Å². The molecule has 0 fully saturated rings. The van der Waals surface area contributed by atoms with E-state index in [4.69, 9.17) is 11.6 Å². The highest BCUT2D eigenvalue weighted by molar-refractivity contribution is 6.29. The van der Waals surface area contributed by atoms with Gasteiger partial charge in [0.2, 0.25) is 0 Å². The van der Waals surface area contributed by atoms with Crippen molar-refractivity contribution in [2.75, 3.05) is 0 Å². The number of carbonyl (C=O) groups excluding carboxylic acids is 1. The molecule has 6 heteroatoms. The number of aromatic nitrogens is 2. The van der Waals surface area contributed by atoms with Crippen LogP contribution in [0.1, 0.15) is 27.7 Å². The lowest BCUT2D eigenvalue weighted by atomic mass is 10.1. The second kappa shape index (κ2) is 5.19. The van der Waals surface area contributed by atoms with E-state index in [0.717, 1.165) is 11.1 Å². The molecule has 0 unspecified atom stereocenters. The van der Waals surface area contributed by atoms with Crippen LogP contribution in [-0.2, 0) is 6.42 Å². The molecule has 0 aliphatic heterocycles. The van der Waals surface area contributed by atoms with Crippen molar-refractivity contribution in [1.82, 2.24) is 15.5 Å². The fourth-order valence-corrected chi connectivity index (χ4v) is 2.50. The van der Waals surface area contributed by atoms with Gasteiger partial charge in [0, 0.05) is 6.42 Å². The largest absolute Gasteiger partial charge is 0.390 e. The average Bonchev–Trinajstić information content (AvgIpc) is 2.76. The van der Waals surface area contributed by atoms with E-state index in [1.165, 1.54) is 12.1 Å². The van der Waals surface area contributed by atoms with E-state index in [1.807, 2.05) is 24.3 Å². The minimum absolute atomic E-state index is 0.172. The zero-order valence-electron chi connectivity index (χ0n) is 10.5. The van der Waals surface area contributed by atoms with Gasteiger partial charge in [0.1, 0.15) is 0 Å². The highest BCUT2D eigenvalue weighted by atomic mass is 35.5. The average molecular weight is 290 g/mol. The zero-order chi connectivity index (χ0) is 14.1. The highest BCUT2D eigenvalue weighted by Crippen LogP contribution is 2.31. The summed E-state index contributed by atoms with van der Waals surface area (Å²) in [4.78, 5) is 12.1. The molecule has 1 heterocycles. The highest BCUT2D eigenvalue weighted by Gasteiger charge is 2.32. The van der Waals surface area contributed by atoms with E-state index in [2.05, 4.69) is 15.5 Å². The van der Waals surface area contributed by atoms with Crippen LogP contribution in [-0.4, -0.2) is 27.3 Å². The SMILES string of the molecule is O=C(N[C@@H]1c2ccccc2C[C@@H]1O)c1ccc(Cl)nn1. The molecule has 20 heavy (non-hydrogen) atoms. The molecule has 0 saturated carbocycles. The molecule has 0 spiro atoms. The predicted octanol–water partition coefficient (Wildman–Crippen LogP) is 1.52. The predicted molar refractivity (Wildman–Crippen MR) is 73.4 cm³/mol. The first-order valence-corrected chi connectivity index (χ1v) is 6.59. The van der Waals surface area contributed by atoms with E-state index < -0.39 is 12.1 Å². The maximum atomic E-state index is 12.1. The molecule has 1 aromatic heterocycles. The number of hydrogen-bond donors (Lipinski definition) is 2. The van der Waals surface area contributed by atoms with Crippen molar-refractivity contribution in [2.45, 2.75) is 18.6 Å². The van der Waals surface area contributed by atoms with E-state index in [9.17, 15) is 9.90 Å². The molecule has 5 nitrogen and oxygen atoms in total. The molecular weight excluding hydrogens is 278 g/mol. The van der Waals surface area contributed by atoms with Gasteiger partial charge in [0.25, 0.3) is 5.91 Å².